The van der Waals surface area contributed by atoms with E-state index in [1.165, 1.54) is 17.1 Å². The zero-order chi connectivity index (χ0) is 19.8. The number of carbonyl (C=O) groups is 2. The Hall–Kier alpha value is -2.85. The van der Waals surface area contributed by atoms with Crippen molar-refractivity contribution in [1.29, 1.82) is 0 Å². The Kier molecular flexibility index (Phi) is 4.82. The summed E-state index contributed by atoms with van der Waals surface area (Å²) in [7, 11) is 0. The van der Waals surface area contributed by atoms with Crippen molar-refractivity contribution in [3.63, 3.8) is 0 Å². The summed E-state index contributed by atoms with van der Waals surface area (Å²) in [6, 6.07) is 5.85. The molecule has 1 fully saturated rings. The Morgan fingerprint density at radius 2 is 2.07 bits per heavy atom. The first-order valence-electron chi connectivity index (χ1n) is 8.74. The molecule has 1 aliphatic rings. The molecular formula is C18H18BrN7O2. The highest BCUT2D eigenvalue weighted by atomic mass is 79.9. The molecule has 2 heterocycles. The van der Waals surface area contributed by atoms with Gasteiger partial charge in [0.05, 0.1) is 17.9 Å². The number of amides is 2. The molecule has 3 aromatic rings. The topological polar surface area (TPSA) is 142 Å². The number of aromatic nitrogens is 4. The van der Waals surface area contributed by atoms with Gasteiger partial charge in [-0.05, 0) is 46.3 Å². The van der Waals surface area contributed by atoms with Crippen LogP contribution in [0.2, 0.25) is 0 Å². The molecule has 28 heavy (non-hydrogen) atoms. The molecule has 5 N–H and O–H groups in total. The molecule has 1 saturated carbocycles. The van der Waals surface area contributed by atoms with Gasteiger partial charge in [0, 0.05) is 11.4 Å². The maximum Gasteiger partial charge on any atom is 0.269 e. The number of benzene rings is 1. The lowest BCUT2D eigenvalue weighted by molar-refractivity contribution is -0.116. The summed E-state index contributed by atoms with van der Waals surface area (Å²) in [6.45, 7) is -0.0917. The number of fused-ring (bicyclic) bond motifs is 1. The fraction of sp³-hybridized carbons (Fsp3) is 0.278. The smallest absolute Gasteiger partial charge is 0.269 e. The zero-order valence-electron chi connectivity index (χ0n) is 14.8. The number of rotatable bonds is 5. The molecule has 0 atom stereocenters. The van der Waals surface area contributed by atoms with Crippen LogP contribution in [0.3, 0.4) is 0 Å². The van der Waals surface area contributed by atoms with Gasteiger partial charge in [0.15, 0.2) is 11.5 Å². The molecule has 1 aromatic carbocycles. The van der Waals surface area contributed by atoms with E-state index in [9.17, 15) is 9.59 Å². The molecule has 0 aliphatic heterocycles. The van der Waals surface area contributed by atoms with Crippen LogP contribution in [0.25, 0.3) is 10.9 Å². The number of hydrogen-bond acceptors (Lipinski definition) is 6. The number of anilines is 1. The molecule has 4 rings (SSSR count). The van der Waals surface area contributed by atoms with Crippen LogP contribution < -0.4 is 16.8 Å². The van der Waals surface area contributed by atoms with Gasteiger partial charge < -0.3 is 16.8 Å². The molecule has 1 aliphatic carbocycles. The minimum absolute atomic E-state index is 0.0917. The predicted octanol–water partition coefficient (Wildman–Crippen LogP) is 1.53. The lowest BCUT2D eigenvalue weighted by atomic mass is 9.75. The van der Waals surface area contributed by atoms with Crippen molar-refractivity contribution >= 4 is 44.5 Å². The summed E-state index contributed by atoms with van der Waals surface area (Å²) >= 11 is 3.21. The molecule has 0 saturated heterocycles. The van der Waals surface area contributed by atoms with Crippen LogP contribution in [0.4, 0.5) is 5.82 Å². The van der Waals surface area contributed by atoms with E-state index in [0.29, 0.717) is 21.3 Å². The Morgan fingerprint density at radius 3 is 2.75 bits per heavy atom. The molecule has 0 bridgehead atoms. The number of hydrogen-bond donors (Lipinski definition) is 3. The van der Waals surface area contributed by atoms with Gasteiger partial charge in [0.25, 0.3) is 5.91 Å². The van der Waals surface area contributed by atoms with Crippen LogP contribution in [0, 0.1) is 0 Å². The van der Waals surface area contributed by atoms with E-state index in [2.05, 4.69) is 36.3 Å². The standard InChI is InChI=1S/C18H18BrN7O2/c19-13-6-22-7-14(23-13)24-15(27)8-26-12-3-1-2-11(9-4-10(20)5-9)16(12)17(25-26)18(21)28/h1-3,6-7,9-10H,4-5,8,20H2,(H2,21,28)(H,23,24,27)/t9-,10-. The zero-order valence-corrected chi connectivity index (χ0v) is 16.4. The van der Waals surface area contributed by atoms with Crippen molar-refractivity contribution in [2.75, 3.05) is 5.32 Å². The third-order valence-corrected chi connectivity index (χ3v) is 5.21. The Bertz CT molecular complexity index is 1070. The first-order chi connectivity index (χ1) is 13.4. The number of primary amides is 1. The van der Waals surface area contributed by atoms with Crippen LogP contribution >= 0.6 is 15.9 Å². The molecule has 0 radical (unpaired) electrons. The number of nitrogens with zero attached hydrogens (tertiary/aromatic N) is 4. The van der Waals surface area contributed by atoms with Crippen molar-refractivity contribution in [2.45, 2.75) is 31.3 Å². The summed E-state index contributed by atoms with van der Waals surface area (Å²) in [5.41, 5.74) is 13.3. The first kappa shape index (κ1) is 18.5. The second kappa shape index (κ2) is 7.28. The normalized spacial score (nSPS) is 18.6. The molecule has 2 aromatic heterocycles. The third kappa shape index (κ3) is 3.48. The van der Waals surface area contributed by atoms with Crippen molar-refractivity contribution in [3.05, 3.63) is 46.5 Å². The monoisotopic (exact) mass is 443 g/mol. The summed E-state index contributed by atoms with van der Waals surface area (Å²) < 4.78 is 1.99. The number of carbonyl (C=O) groups excluding carboxylic acids is 2. The van der Waals surface area contributed by atoms with Gasteiger partial charge in [0.1, 0.15) is 11.1 Å². The third-order valence-electron chi connectivity index (χ3n) is 4.82. The van der Waals surface area contributed by atoms with Crippen molar-refractivity contribution in [2.24, 2.45) is 11.5 Å². The van der Waals surface area contributed by atoms with Crippen LogP contribution in [0.15, 0.2) is 35.2 Å². The number of halogens is 1. The summed E-state index contributed by atoms with van der Waals surface area (Å²) in [5.74, 6) is -0.391. The van der Waals surface area contributed by atoms with Gasteiger partial charge in [-0.25, -0.2) is 4.98 Å². The fourth-order valence-electron chi connectivity index (χ4n) is 3.52. The average molecular weight is 444 g/mol. The molecule has 0 unspecified atom stereocenters. The van der Waals surface area contributed by atoms with E-state index >= 15 is 0 Å². The maximum absolute atomic E-state index is 12.5. The highest BCUT2D eigenvalue weighted by Crippen LogP contribution is 2.40. The molecular weight excluding hydrogens is 426 g/mol. The SMILES string of the molecule is NC(=O)c1nn(CC(=O)Nc2cncc(Br)n2)c2cccc([C@H]3C[C@H](N)C3)c12. The average Bonchev–Trinajstić information content (AvgIpc) is 2.98. The predicted molar refractivity (Wildman–Crippen MR) is 107 cm³/mol. The minimum Gasteiger partial charge on any atom is -0.364 e. The number of nitrogens with one attached hydrogen (secondary N) is 1. The largest absolute Gasteiger partial charge is 0.364 e. The number of nitrogens with two attached hydrogens (primary N) is 2. The maximum atomic E-state index is 12.5. The van der Waals surface area contributed by atoms with Crippen molar-refractivity contribution in [1.82, 2.24) is 19.7 Å². The Balaban J connectivity index is 1.66. The van der Waals surface area contributed by atoms with Gasteiger partial charge in [-0.15, -0.1) is 0 Å². The molecule has 144 valence electrons. The highest BCUT2D eigenvalue weighted by Gasteiger charge is 2.31. The van der Waals surface area contributed by atoms with Gasteiger partial charge in [0.2, 0.25) is 5.91 Å². The lowest BCUT2D eigenvalue weighted by Gasteiger charge is -2.33. The van der Waals surface area contributed by atoms with E-state index in [0.717, 1.165) is 18.4 Å². The van der Waals surface area contributed by atoms with Gasteiger partial charge in [-0.1, -0.05) is 12.1 Å². The molecule has 2 amide bonds. The van der Waals surface area contributed by atoms with Crippen molar-refractivity contribution < 1.29 is 9.59 Å². The highest BCUT2D eigenvalue weighted by molar-refractivity contribution is 9.10. The van der Waals surface area contributed by atoms with E-state index in [-0.39, 0.29) is 30.1 Å². The van der Waals surface area contributed by atoms with Crippen LogP contribution in [0.1, 0.15) is 34.8 Å². The molecule has 0 spiro atoms. The van der Waals surface area contributed by atoms with E-state index in [4.69, 9.17) is 11.5 Å². The summed E-state index contributed by atoms with van der Waals surface area (Å²) in [5, 5.41) is 7.67. The second-order valence-electron chi connectivity index (χ2n) is 6.82. The van der Waals surface area contributed by atoms with Crippen LogP contribution in [0.5, 0.6) is 0 Å². The van der Waals surface area contributed by atoms with E-state index in [1.807, 2.05) is 18.2 Å². The van der Waals surface area contributed by atoms with Crippen LogP contribution in [-0.4, -0.2) is 37.6 Å². The quantitative estimate of drug-likeness (QED) is 0.545. The summed E-state index contributed by atoms with van der Waals surface area (Å²) in [6.07, 6.45) is 4.66. The first-order valence-corrected chi connectivity index (χ1v) is 9.54. The summed E-state index contributed by atoms with van der Waals surface area (Å²) in [4.78, 5) is 32.5. The van der Waals surface area contributed by atoms with Crippen molar-refractivity contribution in [3.8, 4) is 0 Å². The minimum atomic E-state index is -0.627. The molecule has 9 nitrogen and oxygen atoms in total. The Morgan fingerprint density at radius 1 is 1.29 bits per heavy atom. The van der Waals surface area contributed by atoms with E-state index in [1.54, 1.807) is 0 Å². The second-order valence-corrected chi connectivity index (χ2v) is 7.63. The molecule has 10 heteroatoms. The Labute approximate surface area is 168 Å². The lowest BCUT2D eigenvalue weighted by Crippen LogP contribution is -2.34. The van der Waals surface area contributed by atoms with Gasteiger partial charge in [-0.2, -0.15) is 5.10 Å². The fourth-order valence-corrected chi connectivity index (χ4v) is 3.83. The van der Waals surface area contributed by atoms with E-state index < -0.39 is 5.91 Å². The van der Waals surface area contributed by atoms with Gasteiger partial charge in [-0.3, -0.25) is 19.3 Å². The van der Waals surface area contributed by atoms with Gasteiger partial charge >= 0.3 is 0 Å². The van der Waals surface area contributed by atoms with Crippen LogP contribution in [-0.2, 0) is 11.3 Å².